The summed E-state index contributed by atoms with van der Waals surface area (Å²) < 4.78 is 0. The van der Waals surface area contributed by atoms with Crippen LogP contribution >= 0.6 is 11.8 Å². The third-order valence-corrected chi connectivity index (χ3v) is 11.6. The molecule has 14 nitrogen and oxygen atoms in total. The summed E-state index contributed by atoms with van der Waals surface area (Å²) in [5.74, 6) is 1.01. The van der Waals surface area contributed by atoms with Crippen LogP contribution in [-0.2, 0) is 25.6 Å². The van der Waals surface area contributed by atoms with Gasteiger partial charge >= 0.3 is 0 Å². The number of carbonyl (C=O) groups is 4. The topological polar surface area (TPSA) is 195 Å². The number of carbonyl (C=O) groups excluding carboxylic acids is 4. The number of piperidine rings is 1. The zero-order chi connectivity index (χ0) is 40.9. The van der Waals surface area contributed by atoms with E-state index in [4.69, 9.17) is 15.7 Å². The van der Waals surface area contributed by atoms with Crippen molar-refractivity contribution in [1.29, 1.82) is 0 Å². The van der Waals surface area contributed by atoms with Crippen molar-refractivity contribution in [2.45, 2.75) is 139 Å². The highest BCUT2D eigenvalue weighted by Crippen LogP contribution is 2.37. The number of hydrogen-bond acceptors (Lipinski definition) is 11. The molecule has 2 saturated heterocycles. The zero-order valence-electron chi connectivity index (χ0n) is 34.3. The molecule has 2 atom stereocenters. The lowest BCUT2D eigenvalue weighted by Crippen LogP contribution is -2.54. The molecule has 2 fully saturated rings. The summed E-state index contributed by atoms with van der Waals surface area (Å²) in [6.07, 6.45) is 8.83. The lowest BCUT2D eigenvalue weighted by molar-refractivity contribution is -0.138. The molecule has 15 heteroatoms. The molecule has 3 heterocycles. The second kappa shape index (κ2) is 21.0. The van der Waals surface area contributed by atoms with Crippen LogP contribution in [0.5, 0.6) is 0 Å². The fourth-order valence-electron chi connectivity index (χ4n) is 6.96. The molecule has 1 aromatic carbocycles. The van der Waals surface area contributed by atoms with E-state index in [1.165, 1.54) is 11.8 Å². The van der Waals surface area contributed by atoms with Crippen molar-refractivity contribution in [3.8, 4) is 0 Å². The van der Waals surface area contributed by atoms with Crippen molar-refractivity contribution in [2.24, 2.45) is 11.1 Å². The van der Waals surface area contributed by atoms with Crippen molar-refractivity contribution >= 4 is 52.7 Å². The first-order valence-corrected chi connectivity index (χ1v) is 21.1. The lowest BCUT2D eigenvalue weighted by atomic mass is 9.85. The van der Waals surface area contributed by atoms with Crippen LogP contribution in [0.25, 0.3) is 0 Å². The number of hydrogen-bond donors (Lipinski definition) is 6. The van der Waals surface area contributed by atoms with Crippen LogP contribution in [0.2, 0.25) is 0 Å². The van der Waals surface area contributed by atoms with Crippen LogP contribution in [-0.4, -0.2) is 101 Å². The normalized spacial score (nSPS) is 17.3. The third-order valence-electron chi connectivity index (χ3n) is 10.5. The second-order valence-corrected chi connectivity index (χ2v) is 17.6. The number of anilines is 3. The molecule has 4 amide bonds. The molecule has 310 valence electrons. The van der Waals surface area contributed by atoms with Gasteiger partial charge < -0.3 is 41.9 Å². The van der Waals surface area contributed by atoms with E-state index in [2.05, 4.69) is 40.0 Å². The summed E-state index contributed by atoms with van der Waals surface area (Å²) >= 11 is 1.51. The predicted molar refractivity (Wildman–Crippen MR) is 223 cm³/mol. The van der Waals surface area contributed by atoms with Crippen LogP contribution in [0.4, 0.5) is 17.3 Å². The minimum atomic E-state index is -0.641. The van der Waals surface area contributed by atoms with E-state index in [1.54, 1.807) is 4.90 Å². The Morgan fingerprint density at radius 1 is 1.00 bits per heavy atom. The van der Waals surface area contributed by atoms with Crippen LogP contribution in [0.15, 0.2) is 34.3 Å². The molecule has 0 saturated carbocycles. The number of benzene rings is 1. The van der Waals surface area contributed by atoms with Gasteiger partial charge in [0.05, 0.1) is 12.3 Å². The van der Waals surface area contributed by atoms with E-state index >= 15 is 0 Å². The van der Waals surface area contributed by atoms with E-state index in [9.17, 15) is 24.3 Å². The number of amides is 4. The predicted octanol–water partition coefficient (Wildman–Crippen LogP) is 4.85. The minimum Gasteiger partial charge on any atom is -0.391 e. The van der Waals surface area contributed by atoms with E-state index in [-0.39, 0.29) is 42.0 Å². The van der Waals surface area contributed by atoms with E-state index < -0.39 is 17.6 Å². The summed E-state index contributed by atoms with van der Waals surface area (Å²) in [4.78, 5) is 65.6. The fraction of sp³-hybridized carbons (Fsp3) is 0.659. The molecule has 0 unspecified atom stereocenters. The first kappa shape index (κ1) is 44.8. The molecule has 2 aliphatic heterocycles. The van der Waals surface area contributed by atoms with Crippen LogP contribution < -0.4 is 31.9 Å². The van der Waals surface area contributed by atoms with Crippen molar-refractivity contribution < 1.29 is 24.3 Å². The Morgan fingerprint density at radius 2 is 1.70 bits per heavy atom. The van der Waals surface area contributed by atoms with Crippen LogP contribution in [0, 0.1) is 5.41 Å². The van der Waals surface area contributed by atoms with Gasteiger partial charge in [-0.1, -0.05) is 58.4 Å². The molecule has 2 aromatic rings. The van der Waals surface area contributed by atoms with Gasteiger partial charge in [0.1, 0.15) is 16.9 Å². The van der Waals surface area contributed by atoms with Crippen molar-refractivity contribution in [3.63, 3.8) is 0 Å². The van der Waals surface area contributed by atoms with Crippen LogP contribution in [0.1, 0.15) is 111 Å². The highest BCUT2D eigenvalue weighted by molar-refractivity contribution is 7.99. The Bertz CT molecular complexity index is 1640. The SMILES string of the molecule is CCc1c(NC(=O)CCCC(=O)NCCCCCCC(=O)N[C@@H](C(=O)N2CC[C@@H](O)C2)C(C)(C)C)cccc1Sc1ncc(N2CCC(C)(N)CC2)nc1NC. The number of aliphatic hydroxyl groups excluding tert-OH is 1. The van der Waals surface area contributed by atoms with Gasteiger partial charge in [0.2, 0.25) is 23.6 Å². The molecule has 0 radical (unpaired) electrons. The number of nitrogens with zero attached hydrogens (tertiary/aromatic N) is 4. The average molecular weight is 796 g/mol. The number of aromatic nitrogens is 2. The highest BCUT2D eigenvalue weighted by atomic mass is 32.2. The summed E-state index contributed by atoms with van der Waals surface area (Å²) in [6, 6.07) is 5.21. The van der Waals surface area contributed by atoms with Gasteiger partial charge in [-0.15, -0.1) is 0 Å². The van der Waals surface area contributed by atoms with Gasteiger partial charge in [-0.3, -0.25) is 19.2 Å². The summed E-state index contributed by atoms with van der Waals surface area (Å²) in [5.41, 5.74) is 7.49. The van der Waals surface area contributed by atoms with Crippen LogP contribution in [0.3, 0.4) is 0 Å². The molecule has 0 aliphatic carbocycles. The third kappa shape index (κ3) is 13.6. The molecule has 0 bridgehead atoms. The second-order valence-electron chi connectivity index (χ2n) is 16.5. The smallest absolute Gasteiger partial charge is 0.245 e. The number of β-amino-alcohol motifs (C(OH)–C–C–N with tert-alkyl or cyclic N) is 1. The number of nitrogens with one attached hydrogen (secondary N) is 4. The largest absolute Gasteiger partial charge is 0.391 e. The van der Waals surface area contributed by atoms with Gasteiger partial charge in [-0.25, -0.2) is 9.97 Å². The van der Waals surface area contributed by atoms with Crippen molar-refractivity contribution in [3.05, 3.63) is 30.0 Å². The minimum absolute atomic E-state index is 0.0844. The fourth-order valence-corrected chi connectivity index (χ4v) is 8.04. The first-order valence-electron chi connectivity index (χ1n) is 20.3. The number of nitrogens with two attached hydrogens (primary N) is 1. The van der Waals surface area contributed by atoms with Gasteiger partial charge in [-0.05, 0) is 75.0 Å². The molecule has 1 aromatic heterocycles. The zero-order valence-corrected chi connectivity index (χ0v) is 35.2. The Kier molecular flexibility index (Phi) is 16.8. The molecular formula is C41H65N9O5S. The van der Waals surface area contributed by atoms with E-state index in [0.717, 1.165) is 72.2 Å². The maximum absolute atomic E-state index is 13.0. The lowest BCUT2D eigenvalue weighted by Gasteiger charge is -2.37. The van der Waals surface area contributed by atoms with Gasteiger partial charge in [-0.2, -0.15) is 0 Å². The van der Waals surface area contributed by atoms with E-state index in [0.29, 0.717) is 57.6 Å². The van der Waals surface area contributed by atoms with Gasteiger partial charge in [0, 0.05) is 75.2 Å². The summed E-state index contributed by atoms with van der Waals surface area (Å²) in [6.45, 7) is 13.0. The summed E-state index contributed by atoms with van der Waals surface area (Å²) in [5, 5.41) is 22.7. The van der Waals surface area contributed by atoms with Gasteiger partial charge in [0.25, 0.3) is 0 Å². The number of rotatable bonds is 19. The Labute approximate surface area is 337 Å². The quantitative estimate of drug-likeness (QED) is 0.107. The molecule has 56 heavy (non-hydrogen) atoms. The monoisotopic (exact) mass is 795 g/mol. The standard InChI is InChI=1S/C41H65N9O5S/c1-7-29-30(14-12-15-31(29)56-38-37(43-6)47-32(26-45-38)49-24-20-41(5,42)21-25-49)46-34(53)18-13-17-33(52)44-22-11-9-8-10-16-35(54)48-36(40(2,3)4)39(55)50-23-19-28(51)27-50/h12,14-15,26,28,36,51H,7-11,13,16-25,27,42H2,1-6H3,(H,43,47)(H,44,52)(H,46,53)(H,48,54)/t28-,36+/m1/s1. The Hall–Kier alpha value is -3.95. The van der Waals surface area contributed by atoms with Gasteiger partial charge in [0.15, 0.2) is 5.82 Å². The van der Waals surface area contributed by atoms with E-state index in [1.807, 2.05) is 52.2 Å². The first-order chi connectivity index (χ1) is 26.6. The molecule has 7 N–H and O–H groups in total. The Morgan fingerprint density at radius 3 is 2.36 bits per heavy atom. The number of aliphatic hydroxyl groups is 1. The highest BCUT2D eigenvalue weighted by Gasteiger charge is 2.37. The number of likely N-dealkylation sites (tertiary alicyclic amines) is 1. The molecule has 4 rings (SSSR count). The van der Waals surface area contributed by atoms with Crippen molar-refractivity contribution in [2.75, 3.05) is 55.3 Å². The molecular weight excluding hydrogens is 731 g/mol. The average Bonchev–Trinajstić information content (AvgIpc) is 3.59. The summed E-state index contributed by atoms with van der Waals surface area (Å²) in [7, 11) is 1.84. The maximum atomic E-state index is 13.0. The van der Waals surface area contributed by atoms with Crippen molar-refractivity contribution in [1.82, 2.24) is 25.5 Å². The maximum Gasteiger partial charge on any atom is 0.245 e. The Balaban J connectivity index is 1.13. The molecule has 2 aliphatic rings. The molecule has 0 spiro atoms. The number of unbranched alkanes of at least 4 members (excludes halogenated alkanes) is 3.